The molecule has 4 nitrogen and oxygen atoms in total. The number of nitrogens with one attached hydrogen (secondary N) is 2. The van der Waals surface area contributed by atoms with E-state index in [0.717, 1.165) is 0 Å². The molecule has 0 aliphatic rings. The molecule has 0 aliphatic heterocycles. The zero-order valence-electron chi connectivity index (χ0n) is 13.8. The number of benzene rings is 2. The first-order chi connectivity index (χ1) is 12.5. The Morgan fingerprint density at radius 1 is 0.963 bits per heavy atom. The summed E-state index contributed by atoms with van der Waals surface area (Å²) in [4.78, 5) is 11.8. The van der Waals surface area contributed by atoms with Crippen LogP contribution in [0.2, 0.25) is 0 Å². The molecule has 0 heterocycles. The summed E-state index contributed by atoms with van der Waals surface area (Å²) in [6.45, 7) is -0.00583. The molecule has 0 aromatic heterocycles. The summed E-state index contributed by atoms with van der Waals surface area (Å²) in [5, 5.41) is 4.33. The van der Waals surface area contributed by atoms with Crippen LogP contribution < -0.4 is 15.4 Å². The monoisotopic (exact) mass is 392 g/mol. The molecule has 2 aromatic carbocycles. The lowest BCUT2D eigenvalue weighted by Crippen LogP contribution is -2.28. The molecule has 0 fully saturated rings. The van der Waals surface area contributed by atoms with Crippen molar-refractivity contribution in [2.24, 2.45) is 0 Å². The van der Waals surface area contributed by atoms with Crippen LogP contribution in [0.4, 0.5) is 36.8 Å². The van der Waals surface area contributed by atoms with E-state index in [0.29, 0.717) is 23.4 Å². The number of carbonyl (C=O) groups is 1. The van der Waals surface area contributed by atoms with Crippen molar-refractivity contribution in [3.05, 3.63) is 59.2 Å². The average Bonchev–Trinajstić information content (AvgIpc) is 2.58. The van der Waals surface area contributed by atoms with Crippen LogP contribution in [0, 0.1) is 0 Å². The van der Waals surface area contributed by atoms with E-state index in [1.54, 1.807) is 24.3 Å². The second kappa shape index (κ2) is 7.77. The predicted molar refractivity (Wildman–Crippen MR) is 85.3 cm³/mol. The van der Waals surface area contributed by atoms with Crippen molar-refractivity contribution in [2.75, 3.05) is 12.4 Å². The zero-order valence-corrected chi connectivity index (χ0v) is 13.8. The summed E-state index contributed by atoms with van der Waals surface area (Å²) in [5.74, 6) is 0.530. The van der Waals surface area contributed by atoms with Crippen LogP contribution in [-0.2, 0) is 18.9 Å². The summed E-state index contributed by atoms with van der Waals surface area (Å²) >= 11 is 0. The van der Waals surface area contributed by atoms with Crippen LogP contribution in [-0.4, -0.2) is 13.1 Å². The number of alkyl halides is 6. The molecule has 0 bridgehead atoms. The number of urea groups is 1. The van der Waals surface area contributed by atoms with Crippen LogP contribution in [0.5, 0.6) is 5.75 Å². The molecule has 0 spiro atoms. The molecule has 2 N–H and O–H groups in total. The molecule has 0 radical (unpaired) electrons. The fourth-order valence-corrected chi connectivity index (χ4v) is 2.17. The van der Waals surface area contributed by atoms with Crippen LogP contribution in [0.15, 0.2) is 42.5 Å². The van der Waals surface area contributed by atoms with Gasteiger partial charge in [0, 0.05) is 12.2 Å². The van der Waals surface area contributed by atoms with E-state index in [2.05, 4.69) is 5.32 Å². The van der Waals surface area contributed by atoms with Gasteiger partial charge in [-0.3, -0.25) is 0 Å². The number of halogens is 6. The lowest BCUT2D eigenvalue weighted by Gasteiger charge is -2.15. The molecule has 27 heavy (non-hydrogen) atoms. The van der Waals surface area contributed by atoms with Gasteiger partial charge in [0.25, 0.3) is 0 Å². The Morgan fingerprint density at radius 2 is 1.56 bits per heavy atom. The van der Waals surface area contributed by atoms with E-state index < -0.39 is 35.2 Å². The highest BCUT2D eigenvalue weighted by atomic mass is 19.4. The van der Waals surface area contributed by atoms with E-state index in [-0.39, 0.29) is 12.6 Å². The summed E-state index contributed by atoms with van der Waals surface area (Å²) in [7, 11) is 1.45. The number of hydrogen-bond acceptors (Lipinski definition) is 2. The van der Waals surface area contributed by atoms with Crippen molar-refractivity contribution in [2.45, 2.75) is 18.9 Å². The first-order valence-corrected chi connectivity index (χ1v) is 7.46. The van der Waals surface area contributed by atoms with E-state index in [9.17, 15) is 31.1 Å². The van der Waals surface area contributed by atoms with Crippen LogP contribution in [0.1, 0.15) is 16.7 Å². The summed E-state index contributed by atoms with van der Waals surface area (Å²) in [6.07, 6.45) is -9.98. The Labute approximate surface area is 150 Å². The highest BCUT2D eigenvalue weighted by molar-refractivity contribution is 5.89. The first-order valence-electron chi connectivity index (χ1n) is 7.46. The van der Waals surface area contributed by atoms with Gasteiger partial charge in [-0.25, -0.2) is 4.79 Å². The number of carbonyl (C=O) groups excluding carboxylic acids is 1. The molecule has 0 unspecified atom stereocenters. The van der Waals surface area contributed by atoms with E-state index >= 15 is 0 Å². The van der Waals surface area contributed by atoms with Gasteiger partial charge >= 0.3 is 18.4 Å². The van der Waals surface area contributed by atoms with Gasteiger partial charge in [0.2, 0.25) is 0 Å². The topological polar surface area (TPSA) is 50.4 Å². The standard InChI is InChI=1S/C17H14F6N2O2/c1-27-14-4-2-3-10(5-14)9-24-15(26)25-13-7-11(16(18,19)20)6-12(8-13)17(21,22)23/h2-8H,9H2,1H3,(H2,24,25,26). The van der Waals surface area contributed by atoms with Crippen LogP contribution in [0.25, 0.3) is 0 Å². The lowest BCUT2D eigenvalue weighted by molar-refractivity contribution is -0.143. The number of amides is 2. The third kappa shape index (κ3) is 5.80. The second-order valence-electron chi connectivity index (χ2n) is 5.45. The lowest BCUT2D eigenvalue weighted by atomic mass is 10.1. The predicted octanol–water partition coefficient (Wildman–Crippen LogP) is 5.05. The number of hydrogen-bond donors (Lipinski definition) is 2. The second-order valence-corrected chi connectivity index (χ2v) is 5.45. The molecule has 0 saturated heterocycles. The molecule has 2 rings (SSSR count). The van der Waals surface area contributed by atoms with Gasteiger partial charge in [0.05, 0.1) is 18.2 Å². The Bertz CT molecular complexity index is 786. The van der Waals surface area contributed by atoms with E-state index in [1.165, 1.54) is 7.11 Å². The highest BCUT2D eigenvalue weighted by Gasteiger charge is 2.37. The fraction of sp³-hybridized carbons (Fsp3) is 0.235. The minimum atomic E-state index is -4.99. The van der Waals surface area contributed by atoms with E-state index in [4.69, 9.17) is 4.74 Å². The Kier molecular flexibility index (Phi) is 5.87. The molecular formula is C17H14F6N2O2. The zero-order chi connectivity index (χ0) is 20.2. The molecule has 146 valence electrons. The largest absolute Gasteiger partial charge is 0.497 e. The van der Waals surface area contributed by atoms with Crippen molar-refractivity contribution in [3.8, 4) is 5.75 Å². The minimum Gasteiger partial charge on any atom is -0.497 e. The number of rotatable bonds is 4. The van der Waals surface area contributed by atoms with Gasteiger partial charge < -0.3 is 15.4 Å². The van der Waals surface area contributed by atoms with Crippen LogP contribution >= 0.6 is 0 Å². The van der Waals surface area contributed by atoms with Crippen molar-refractivity contribution in [3.63, 3.8) is 0 Å². The molecule has 2 aromatic rings. The number of ether oxygens (including phenoxy) is 1. The third-order valence-corrected chi connectivity index (χ3v) is 3.43. The molecule has 0 saturated carbocycles. The Balaban J connectivity index is 2.14. The summed E-state index contributed by atoms with van der Waals surface area (Å²) in [5.41, 5.74) is -3.02. The van der Waals surface area contributed by atoms with Crippen molar-refractivity contribution < 1.29 is 35.9 Å². The van der Waals surface area contributed by atoms with Gasteiger partial charge in [0.15, 0.2) is 0 Å². The van der Waals surface area contributed by atoms with Crippen LogP contribution in [0.3, 0.4) is 0 Å². The van der Waals surface area contributed by atoms with Gasteiger partial charge in [-0.05, 0) is 35.9 Å². The van der Waals surface area contributed by atoms with E-state index in [1.807, 2.05) is 5.32 Å². The normalized spacial score (nSPS) is 11.8. The Morgan fingerprint density at radius 3 is 2.07 bits per heavy atom. The molecule has 2 amide bonds. The summed E-state index contributed by atoms with van der Waals surface area (Å²) in [6, 6.07) is 6.51. The summed E-state index contributed by atoms with van der Waals surface area (Å²) < 4.78 is 81.8. The smallest absolute Gasteiger partial charge is 0.416 e. The highest BCUT2D eigenvalue weighted by Crippen LogP contribution is 2.37. The molecular weight excluding hydrogens is 378 g/mol. The number of methoxy groups -OCH3 is 1. The maximum Gasteiger partial charge on any atom is 0.416 e. The Hall–Kier alpha value is -2.91. The maximum atomic E-state index is 12.8. The van der Waals surface area contributed by atoms with Crippen molar-refractivity contribution in [1.29, 1.82) is 0 Å². The SMILES string of the molecule is COc1cccc(CNC(=O)Nc2cc(C(F)(F)F)cc(C(F)(F)F)c2)c1. The van der Waals surface area contributed by atoms with Gasteiger partial charge in [-0.1, -0.05) is 12.1 Å². The quantitative estimate of drug-likeness (QED) is 0.715. The fourth-order valence-electron chi connectivity index (χ4n) is 2.17. The van der Waals surface area contributed by atoms with Gasteiger partial charge in [-0.2, -0.15) is 26.3 Å². The molecule has 10 heteroatoms. The molecule has 0 aliphatic carbocycles. The molecule has 0 atom stereocenters. The maximum absolute atomic E-state index is 12.8. The van der Waals surface area contributed by atoms with Gasteiger partial charge in [0.1, 0.15) is 5.75 Å². The van der Waals surface area contributed by atoms with Crippen molar-refractivity contribution in [1.82, 2.24) is 5.32 Å². The van der Waals surface area contributed by atoms with Gasteiger partial charge in [-0.15, -0.1) is 0 Å². The third-order valence-electron chi connectivity index (χ3n) is 3.43. The average molecular weight is 392 g/mol. The minimum absolute atomic E-state index is 0.00583. The van der Waals surface area contributed by atoms with Crippen molar-refractivity contribution >= 4 is 11.7 Å². The number of anilines is 1. The first kappa shape index (κ1) is 20.4.